The molecule has 1 aromatic heterocycles. The van der Waals surface area contributed by atoms with Crippen molar-refractivity contribution >= 4 is 29.3 Å². The molecule has 7 atom stereocenters. The predicted molar refractivity (Wildman–Crippen MR) is 98.4 cm³/mol. The highest BCUT2D eigenvalue weighted by Crippen LogP contribution is 2.72. The number of halogens is 1. The van der Waals surface area contributed by atoms with E-state index in [1.54, 1.807) is 0 Å². The number of aliphatic hydroxyl groups is 1. The number of hydrogen-bond acceptors (Lipinski definition) is 12. The Morgan fingerprint density at radius 1 is 1.30 bits per heavy atom. The van der Waals surface area contributed by atoms with Crippen LogP contribution in [0.5, 0.6) is 0 Å². The van der Waals surface area contributed by atoms with E-state index >= 15 is 4.39 Å². The fourth-order valence-electron chi connectivity index (χ4n) is 3.30. The molecule has 1 aliphatic carbocycles. The summed E-state index contributed by atoms with van der Waals surface area (Å²) >= 11 is 0. The van der Waals surface area contributed by atoms with Crippen LogP contribution in [0.3, 0.4) is 0 Å². The van der Waals surface area contributed by atoms with Gasteiger partial charge in [-0.1, -0.05) is 5.11 Å². The lowest BCUT2D eigenvalue weighted by molar-refractivity contribution is -0.0886. The molecule has 33 heavy (non-hydrogen) atoms. The van der Waals surface area contributed by atoms with E-state index in [0.717, 1.165) is 12.3 Å². The van der Waals surface area contributed by atoms with Crippen LogP contribution >= 0.6 is 23.5 Å². The van der Waals surface area contributed by atoms with Gasteiger partial charge in [-0.2, -0.15) is 13.6 Å². The van der Waals surface area contributed by atoms with E-state index in [4.69, 9.17) is 25.8 Å². The van der Waals surface area contributed by atoms with Crippen molar-refractivity contribution < 1.29 is 60.6 Å². The Bertz CT molecular complexity index is 1220. The summed E-state index contributed by atoms with van der Waals surface area (Å²) in [6.07, 6.45) is -5.71. The number of alkyl halides is 1. The van der Waals surface area contributed by atoms with Gasteiger partial charge >= 0.3 is 29.2 Å². The number of fused-ring (bicyclic) bond motifs is 1. The first kappa shape index (κ1) is 25.9. The molecule has 2 fully saturated rings. The van der Waals surface area contributed by atoms with Gasteiger partial charge in [-0.05, 0) is 11.6 Å². The maximum absolute atomic E-state index is 15.2. The number of aromatic nitrogens is 2. The third-order valence-electron chi connectivity index (χ3n) is 4.57. The second-order valence-corrected chi connectivity index (χ2v) is 11.0. The summed E-state index contributed by atoms with van der Waals surface area (Å²) in [5.74, 6) is -0.220. The first-order valence-electron chi connectivity index (χ1n) is 8.20. The number of phosphoric acid groups is 3. The molecule has 184 valence electrons. The standard InChI is InChI=1S/C10H14FN6O13P3/c11-5-6(17-2-1-4(12)15-8(17)18)27-9(3-14-16-13)7(10(5,9)19)28-32(23,24)30-33(25,26)29-31(20,21)22/h1-2,5-7,19H,3H2,(H,23,24)(H,25,26)(H2,12,15,18)(H2,20,21,22)/t5-,6+,7?,9+,10+/m0/s1. The summed E-state index contributed by atoms with van der Waals surface area (Å²) in [5, 5.41) is 13.9. The van der Waals surface area contributed by atoms with Crippen LogP contribution in [0.1, 0.15) is 6.23 Å². The lowest BCUT2D eigenvalue weighted by Gasteiger charge is -2.24. The molecule has 0 bridgehead atoms. The Morgan fingerprint density at radius 2 is 1.94 bits per heavy atom. The van der Waals surface area contributed by atoms with Gasteiger partial charge in [-0.25, -0.2) is 22.9 Å². The predicted octanol–water partition coefficient (Wildman–Crippen LogP) is -0.802. The Hall–Kier alpha value is -1.75. The van der Waals surface area contributed by atoms with Gasteiger partial charge in [0.2, 0.25) is 0 Å². The average molecular weight is 538 g/mol. The highest BCUT2D eigenvalue weighted by Gasteiger charge is 2.90. The Kier molecular flexibility index (Phi) is 6.41. The van der Waals surface area contributed by atoms with Crippen LogP contribution in [-0.4, -0.2) is 64.3 Å². The zero-order valence-electron chi connectivity index (χ0n) is 15.6. The van der Waals surface area contributed by atoms with Crippen LogP contribution in [0.2, 0.25) is 0 Å². The zero-order chi connectivity index (χ0) is 25.0. The molecule has 0 radical (unpaired) electrons. The SMILES string of the molecule is [N-]=[N+]=NC[C@]12O[C@@H](n3ccc(N)nc3=O)[C@H](F)[C@@]1(O)C2OP(=O)(O)OP(=O)(O)OP(=O)(O)O. The van der Waals surface area contributed by atoms with Crippen LogP contribution < -0.4 is 11.4 Å². The second-order valence-electron chi connectivity index (χ2n) is 6.63. The summed E-state index contributed by atoms with van der Waals surface area (Å²) in [6, 6.07) is 1.09. The Labute approximate surface area is 180 Å². The first-order valence-corrected chi connectivity index (χ1v) is 12.7. The maximum Gasteiger partial charge on any atom is 0.490 e. The highest BCUT2D eigenvalue weighted by atomic mass is 31.3. The number of nitrogens with zero attached hydrogens (tertiary/aromatic N) is 5. The Balaban J connectivity index is 1.88. The maximum atomic E-state index is 15.2. The van der Waals surface area contributed by atoms with Crippen LogP contribution in [0.4, 0.5) is 10.2 Å². The summed E-state index contributed by atoms with van der Waals surface area (Å²) in [4.78, 5) is 53.7. The van der Waals surface area contributed by atoms with Crippen molar-refractivity contribution in [3.05, 3.63) is 33.2 Å². The number of nitrogens with two attached hydrogens (primary N) is 1. The molecule has 1 aliphatic heterocycles. The Morgan fingerprint density at radius 3 is 2.48 bits per heavy atom. The minimum Gasteiger partial charge on any atom is -0.383 e. The van der Waals surface area contributed by atoms with Crippen LogP contribution in [0.25, 0.3) is 10.4 Å². The molecule has 2 heterocycles. The minimum absolute atomic E-state index is 0.220. The van der Waals surface area contributed by atoms with Crippen LogP contribution in [-0.2, 0) is 31.6 Å². The van der Waals surface area contributed by atoms with Crippen molar-refractivity contribution in [3.63, 3.8) is 0 Å². The van der Waals surface area contributed by atoms with Gasteiger partial charge in [0, 0.05) is 11.1 Å². The van der Waals surface area contributed by atoms with Gasteiger partial charge in [-0.3, -0.25) is 9.09 Å². The van der Waals surface area contributed by atoms with E-state index in [9.17, 15) is 33.4 Å². The molecule has 2 aliphatic rings. The number of hydrogen-bond donors (Lipinski definition) is 6. The van der Waals surface area contributed by atoms with Crippen molar-refractivity contribution in [1.29, 1.82) is 0 Å². The van der Waals surface area contributed by atoms with Gasteiger partial charge in [0.25, 0.3) is 0 Å². The molecule has 23 heteroatoms. The summed E-state index contributed by atoms with van der Waals surface area (Å²) in [5.41, 5.74) is 7.54. The third-order valence-corrected chi connectivity index (χ3v) is 8.37. The van der Waals surface area contributed by atoms with Gasteiger partial charge in [0.15, 0.2) is 18.0 Å². The third kappa shape index (κ3) is 4.76. The smallest absolute Gasteiger partial charge is 0.383 e. The normalized spacial score (nSPS) is 34.5. The lowest BCUT2D eigenvalue weighted by Crippen LogP contribution is -2.38. The zero-order valence-corrected chi connectivity index (χ0v) is 18.3. The van der Waals surface area contributed by atoms with Crippen molar-refractivity contribution in [2.45, 2.75) is 29.7 Å². The average Bonchev–Trinajstić information content (AvgIpc) is 3.00. The van der Waals surface area contributed by atoms with Gasteiger partial charge in [0.05, 0.1) is 6.54 Å². The molecular weight excluding hydrogens is 524 g/mol. The molecule has 7 N–H and O–H groups in total. The van der Waals surface area contributed by atoms with Gasteiger partial charge < -0.3 is 35.2 Å². The van der Waals surface area contributed by atoms with E-state index in [0.29, 0.717) is 4.57 Å². The molecule has 3 rings (SSSR count). The lowest BCUT2D eigenvalue weighted by atomic mass is 10.1. The molecule has 1 saturated heterocycles. The van der Waals surface area contributed by atoms with E-state index in [1.165, 1.54) is 0 Å². The number of azide groups is 1. The topological polar surface area (TPSA) is 299 Å². The molecule has 19 nitrogen and oxygen atoms in total. The van der Waals surface area contributed by atoms with Crippen molar-refractivity contribution in [2.24, 2.45) is 5.11 Å². The summed E-state index contributed by atoms with van der Waals surface area (Å²) < 4.78 is 66.8. The van der Waals surface area contributed by atoms with Crippen molar-refractivity contribution in [2.75, 3.05) is 12.3 Å². The van der Waals surface area contributed by atoms with Gasteiger partial charge in [0.1, 0.15) is 17.5 Å². The number of anilines is 1. The number of phosphoric ester groups is 1. The number of rotatable bonds is 9. The monoisotopic (exact) mass is 538 g/mol. The second kappa shape index (κ2) is 8.18. The van der Waals surface area contributed by atoms with Gasteiger partial charge in [-0.15, -0.1) is 0 Å². The fourth-order valence-corrected chi connectivity index (χ4v) is 6.56. The molecule has 1 aromatic rings. The minimum atomic E-state index is -5.91. The summed E-state index contributed by atoms with van der Waals surface area (Å²) in [6.45, 7) is -0.922. The van der Waals surface area contributed by atoms with E-state index in [-0.39, 0.29) is 5.82 Å². The molecule has 0 spiro atoms. The molecule has 3 unspecified atom stereocenters. The van der Waals surface area contributed by atoms with Crippen molar-refractivity contribution in [1.82, 2.24) is 9.55 Å². The highest BCUT2D eigenvalue weighted by molar-refractivity contribution is 7.66. The van der Waals surface area contributed by atoms with Crippen LogP contribution in [0, 0.1) is 0 Å². The van der Waals surface area contributed by atoms with E-state index in [1.807, 2.05) is 0 Å². The molecule has 1 saturated carbocycles. The van der Waals surface area contributed by atoms with Crippen molar-refractivity contribution in [3.8, 4) is 0 Å². The summed E-state index contributed by atoms with van der Waals surface area (Å²) in [7, 11) is -17.4. The number of ether oxygens (including phenoxy) is 1. The molecule has 0 aromatic carbocycles. The first-order chi connectivity index (χ1) is 15.0. The molecule has 0 amide bonds. The van der Waals surface area contributed by atoms with Crippen LogP contribution in [0.15, 0.2) is 22.2 Å². The molecular formula is C10H14FN6O13P3. The van der Waals surface area contributed by atoms with E-state index < -0.39 is 65.4 Å². The van der Waals surface area contributed by atoms with E-state index in [2.05, 4.69) is 28.2 Å². The number of nitrogen functional groups attached to an aromatic ring is 1. The quantitative estimate of drug-likeness (QED) is 0.0970. The fraction of sp³-hybridized carbons (Fsp3) is 0.600. The largest absolute Gasteiger partial charge is 0.490 e.